The molecule has 37 heavy (non-hydrogen) atoms. The van der Waals surface area contributed by atoms with Gasteiger partial charge in [0.25, 0.3) is 5.91 Å². The zero-order valence-electron chi connectivity index (χ0n) is 18.8. The van der Waals surface area contributed by atoms with Crippen molar-refractivity contribution < 1.29 is 31.5 Å². The summed E-state index contributed by atoms with van der Waals surface area (Å²) in [6, 6.07) is 15.3. The van der Waals surface area contributed by atoms with Gasteiger partial charge in [-0.05, 0) is 34.4 Å². The van der Waals surface area contributed by atoms with Crippen LogP contribution in [-0.2, 0) is 13.2 Å². The fourth-order valence-electron chi connectivity index (χ4n) is 3.65. The number of nitrogens with one attached hydrogen (secondary N) is 1. The van der Waals surface area contributed by atoms with Gasteiger partial charge in [0.15, 0.2) is 23.3 Å². The van der Waals surface area contributed by atoms with Crippen molar-refractivity contribution in [2.75, 3.05) is 5.32 Å². The summed E-state index contributed by atoms with van der Waals surface area (Å²) < 4.78 is 74.7. The Morgan fingerprint density at radius 1 is 0.919 bits per heavy atom. The van der Waals surface area contributed by atoms with Crippen LogP contribution < -0.4 is 10.1 Å². The molecule has 0 unspecified atom stereocenters. The van der Waals surface area contributed by atoms with E-state index in [2.05, 4.69) is 10.4 Å². The molecule has 0 spiro atoms. The molecule has 2 heterocycles. The van der Waals surface area contributed by atoms with Crippen LogP contribution in [0.4, 0.5) is 27.6 Å². The monoisotopic (exact) mass is 529 g/mol. The SMILES string of the molecule is O=C(Nc1cnn(Cc2c(F)c(F)c(F)c(F)c2F)c1)c1cc(COc2ccc3ccccc3c2)cs1. The number of carbonyl (C=O) groups excluding carboxylic acids is 1. The molecule has 0 saturated heterocycles. The van der Waals surface area contributed by atoms with Crippen molar-refractivity contribution in [3.05, 3.63) is 111 Å². The van der Waals surface area contributed by atoms with Gasteiger partial charge in [-0.2, -0.15) is 5.10 Å². The predicted octanol–water partition coefficient (Wildman–Crippen LogP) is 6.67. The highest BCUT2D eigenvalue weighted by Crippen LogP contribution is 2.25. The van der Waals surface area contributed by atoms with Crippen molar-refractivity contribution >= 4 is 33.7 Å². The van der Waals surface area contributed by atoms with Gasteiger partial charge < -0.3 is 10.1 Å². The number of fused-ring (bicyclic) bond motifs is 1. The van der Waals surface area contributed by atoms with E-state index in [-0.39, 0.29) is 12.3 Å². The van der Waals surface area contributed by atoms with Gasteiger partial charge in [0.2, 0.25) is 5.82 Å². The van der Waals surface area contributed by atoms with Crippen LogP contribution in [0.15, 0.2) is 66.3 Å². The largest absolute Gasteiger partial charge is 0.489 e. The van der Waals surface area contributed by atoms with E-state index in [1.165, 1.54) is 23.7 Å². The number of hydrogen-bond acceptors (Lipinski definition) is 4. The summed E-state index contributed by atoms with van der Waals surface area (Å²) in [5.41, 5.74) is -0.0757. The molecule has 188 valence electrons. The Labute approximate surface area is 210 Å². The second-order valence-electron chi connectivity index (χ2n) is 8.05. The van der Waals surface area contributed by atoms with E-state index < -0.39 is 47.1 Å². The fraction of sp³-hybridized carbons (Fsp3) is 0.0769. The summed E-state index contributed by atoms with van der Waals surface area (Å²) in [7, 11) is 0. The van der Waals surface area contributed by atoms with E-state index in [0.29, 0.717) is 10.6 Å². The summed E-state index contributed by atoms with van der Waals surface area (Å²) in [6.07, 6.45) is 2.41. The molecular formula is C26H16F5N3O2S. The number of thiophene rings is 1. The fourth-order valence-corrected chi connectivity index (χ4v) is 4.44. The van der Waals surface area contributed by atoms with Crippen LogP contribution in [0.2, 0.25) is 0 Å². The maximum Gasteiger partial charge on any atom is 0.265 e. The number of nitrogens with zero attached hydrogens (tertiary/aromatic N) is 2. The summed E-state index contributed by atoms with van der Waals surface area (Å²) in [6.45, 7) is -0.473. The minimum atomic E-state index is -2.23. The molecule has 0 saturated carbocycles. The molecule has 0 aliphatic rings. The molecule has 1 N–H and O–H groups in total. The second-order valence-corrected chi connectivity index (χ2v) is 8.96. The van der Waals surface area contributed by atoms with Gasteiger partial charge in [-0.25, -0.2) is 22.0 Å². The maximum absolute atomic E-state index is 13.9. The zero-order valence-corrected chi connectivity index (χ0v) is 19.6. The average molecular weight is 529 g/mol. The highest BCUT2D eigenvalue weighted by molar-refractivity contribution is 7.12. The molecule has 5 rings (SSSR count). The van der Waals surface area contributed by atoms with E-state index in [1.807, 2.05) is 42.5 Å². The average Bonchev–Trinajstić information content (AvgIpc) is 3.57. The normalized spacial score (nSPS) is 11.2. The molecular weight excluding hydrogens is 513 g/mol. The number of benzene rings is 3. The molecule has 11 heteroatoms. The lowest BCUT2D eigenvalue weighted by molar-refractivity contribution is 0.103. The molecule has 0 aliphatic carbocycles. The summed E-state index contributed by atoms with van der Waals surface area (Å²) in [5.74, 6) is -9.94. The van der Waals surface area contributed by atoms with Crippen molar-refractivity contribution in [2.24, 2.45) is 0 Å². The van der Waals surface area contributed by atoms with E-state index >= 15 is 0 Å². The van der Waals surface area contributed by atoms with Gasteiger partial charge in [-0.15, -0.1) is 11.3 Å². The number of hydrogen-bond donors (Lipinski definition) is 1. The molecule has 1 amide bonds. The second kappa shape index (κ2) is 10.0. The van der Waals surface area contributed by atoms with Crippen LogP contribution >= 0.6 is 11.3 Å². The first-order valence-electron chi connectivity index (χ1n) is 10.8. The third-order valence-electron chi connectivity index (χ3n) is 5.52. The molecule has 0 bridgehead atoms. The molecule has 0 atom stereocenters. The Morgan fingerprint density at radius 2 is 1.62 bits per heavy atom. The van der Waals surface area contributed by atoms with Crippen LogP contribution in [0.1, 0.15) is 20.8 Å². The molecule has 0 fully saturated rings. The number of ether oxygens (including phenoxy) is 1. The lowest BCUT2D eigenvalue weighted by Crippen LogP contribution is -2.12. The van der Waals surface area contributed by atoms with Crippen molar-refractivity contribution in [1.29, 1.82) is 0 Å². The summed E-state index contributed by atoms with van der Waals surface area (Å²) in [4.78, 5) is 13.0. The summed E-state index contributed by atoms with van der Waals surface area (Å²) >= 11 is 1.20. The van der Waals surface area contributed by atoms with Crippen molar-refractivity contribution in [3.63, 3.8) is 0 Å². The zero-order chi connectivity index (χ0) is 26.1. The first kappa shape index (κ1) is 24.4. The molecule has 3 aromatic carbocycles. The third-order valence-corrected chi connectivity index (χ3v) is 6.49. The number of halogens is 5. The first-order valence-corrected chi connectivity index (χ1v) is 11.7. The van der Waals surface area contributed by atoms with Gasteiger partial charge in [0.05, 0.1) is 28.9 Å². The Balaban J connectivity index is 1.22. The first-order chi connectivity index (χ1) is 17.8. The van der Waals surface area contributed by atoms with E-state index in [9.17, 15) is 26.7 Å². The smallest absolute Gasteiger partial charge is 0.265 e. The Kier molecular flexibility index (Phi) is 6.62. The van der Waals surface area contributed by atoms with Crippen LogP contribution in [0, 0.1) is 29.1 Å². The quantitative estimate of drug-likeness (QED) is 0.146. The lowest BCUT2D eigenvalue weighted by atomic mass is 10.1. The van der Waals surface area contributed by atoms with Crippen LogP contribution in [0.3, 0.4) is 0 Å². The Morgan fingerprint density at radius 3 is 2.38 bits per heavy atom. The third kappa shape index (κ3) is 5.03. The highest BCUT2D eigenvalue weighted by atomic mass is 32.1. The Hall–Kier alpha value is -4.25. The number of rotatable bonds is 7. The standard InChI is InChI=1S/C26H16F5N3O2S/c27-21-19(22(28)24(30)25(31)23(21)29)11-34-10-17(9-32-34)33-26(35)20-7-14(13-37-20)12-36-18-6-5-15-3-1-2-4-16(15)8-18/h1-10,13H,11-12H2,(H,33,35). The van der Waals surface area contributed by atoms with E-state index in [4.69, 9.17) is 4.74 Å². The van der Waals surface area contributed by atoms with Gasteiger partial charge in [-0.3, -0.25) is 9.48 Å². The highest BCUT2D eigenvalue weighted by Gasteiger charge is 2.26. The number of carbonyl (C=O) groups is 1. The number of amides is 1. The van der Waals surface area contributed by atoms with Crippen molar-refractivity contribution in [3.8, 4) is 5.75 Å². The number of aromatic nitrogens is 2. The minimum absolute atomic E-state index is 0.177. The maximum atomic E-state index is 13.9. The van der Waals surface area contributed by atoms with Gasteiger partial charge in [-0.1, -0.05) is 30.3 Å². The molecule has 0 radical (unpaired) electrons. The van der Waals surface area contributed by atoms with E-state index in [1.54, 1.807) is 11.4 Å². The number of anilines is 1. The van der Waals surface area contributed by atoms with Crippen LogP contribution in [0.25, 0.3) is 10.8 Å². The van der Waals surface area contributed by atoms with Crippen molar-refractivity contribution in [1.82, 2.24) is 9.78 Å². The van der Waals surface area contributed by atoms with Gasteiger partial charge >= 0.3 is 0 Å². The van der Waals surface area contributed by atoms with E-state index in [0.717, 1.165) is 21.0 Å². The van der Waals surface area contributed by atoms with Gasteiger partial charge in [0.1, 0.15) is 12.4 Å². The van der Waals surface area contributed by atoms with Crippen LogP contribution in [-0.4, -0.2) is 15.7 Å². The molecule has 2 aromatic heterocycles. The molecule has 0 aliphatic heterocycles. The van der Waals surface area contributed by atoms with Crippen LogP contribution in [0.5, 0.6) is 5.75 Å². The van der Waals surface area contributed by atoms with Gasteiger partial charge in [0, 0.05) is 11.8 Å². The summed E-state index contributed by atoms with van der Waals surface area (Å²) in [5, 5.41) is 10.3. The minimum Gasteiger partial charge on any atom is -0.489 e. The lowest BCUT2D eigenvalue weighted by Gasteiger charge is -2.08. The molecule has 5 aromatic rings. The topological polar surface area (TPSA) is 56.2 Å². The predicted molar refractivity (Wildman–Crippen MR) is 128 cm³/mol. The molecule has 5 nitrogen and oxygen atoms in total. The van der Waals surface area contributed by atoms with Crippen molar-refractivity contribution in [2.45, 2.75) is 13.2 Å². The Bertz CT molecular complexity index is 1600.